The molecule has 2 N–H and O–H groups in total. The number of ether oxygens (including phenoxy) is 2. The van der Waals surface area contributed by atoms with Crippen molar-refractivity contribution in [2.45, 2.75) is 32.6 Å². The van der Waals surface area contributed by atoms with Gasteiger partial charge in [-0.15, -0.1) is 24.0 Å². The van der Waals surface area contributed by atoms with Gasteiger partial charge in [-0.2, -0.15) is 0 Å². The Hall–Kier alpha value is -0.840. The van der Waals surface area contributed by atoms with Gasteiger partial charge >= 0.3 is 0 Å². The van der Waals surface area contributed by atoms with Crippen LogP contribution in [0.25, 0.3) is 0 Å². The maximum atomic E-state index is 5.39. The van der Waals surface area contributed by atoms with Crippen LogP contribution in [0.3, 0.4) is 0 Å². The average molecular weight is 508 g/mol. The van der Waals surface area contributed by atoms with Gasteiger partial charge in [0.1, 0.15) is 5.76 Å². The molecular formula is C20H37IN4O3. The standard InChI is InChI=1S/C20H36N4O3.HI/c1-2-25-15-4-3-9-21-20(23-11-8-19-7-5-16-27-19)22-10-6-12-24-13-17-26-18-14-24;/h5,7,16H,2-4,6,8-15,17-18H2,1H3,(H2,21,22,23);1H. The van der Waals surface area contributed by atoms with Gasteiger partial charge in [0.05, 0.1) is 19.5 Å². The molecule has 7 nitrogen and oxygen atoms in total. The van der Waals surface area contributed by atoms with E-state index in [0.717, 1.165) is 103 Å². The van der Waals surface area contributed by atoms with Crippen molar-refractivity contribution in [2.75, 3.05) is 65.7 Å². The zero-order chi connectivity index (χ0) is 19.0. The lowest BCUT2D eigenvalue weighted by atomic mass is 10.3. The number of halogens is 1. The number of aliphatic imine (C=N–C) groups is 1. The molecule has 162 valence electrons. The second kappa shape index (κ2) is 17.1. The summed E-state index contributed by atoms with van der Waals surface area (Å²) in [5.74, 6) is 1.88. The fourth-order valence-corrected chi connectivity index (χ4v) is 2.92. The van der Waals surface area contributed by atoms with E-state index in [9.17, 15) is 0 Å². The Morgan fingerprint density at radius 2 is 2.00 bits per heavy atom. The minimum absolute atomic E-state index is 0. The summed E-state index contributed by atoms with van der Waals surface area (Å²) in [6.07, 6.45) is 5.78. The van der Waals surface area contributed by atoms with Crippen LogP contribution in [0.1, 0.15) is 31.9 Å². The van der Waals surface area contributed by atoms with Crippen LogP contribution in [-0.4, -0.2) is 76.6 Å². The van der Waals surface area contributed by atoms with Crippen LogP contribution in [0.15, 0.2) is 27.8 Å². The molecule has 2 rings (SSSR count). The van der Waals surface area contributed by atoms with E-state index >= 15 is 0 Å². The second-order valence-corrected chi connectivity index (χ2v) is 6.62. The number of morpholine rings is 1. The molecule has 0 radical (unpaired) electrons. The maximum Gasteiger partial charge on any atom is 0.191 e. The molecule has 1 aliphatic rings. The van der Waals surface area contributed by atoms with Crippen LogP contribution in [0.2, 0.25) is 0 Å². The van der Waals surface area contributed by atoms with Crippen molar-refractivity contribution in [3.8, 4) is 0 Å². The molecule has 8 heteroatoms. The summed E-state index contributed by atoms with van der Waals surface area (Å²) in [7, 11) is 0. The molecule has 0 spiro atoms. The minimum atomic E-state index is 0. The molecule has 0 unspecified atom stereocenters. The molecule has 0 atom stereocenters. The molecule has 0 aliphatic carbocycles. The lowest BCUT2D eigenvalue weighted by Gasteiger charge is -2.26. The SMILES string of the molecule is CCOCCCCNC(=NCCCN1CCOCC1)NCCc1ccco1.I. The molecule has 1 saturated heterocycles. The summed E-state index contributed by atoms with van der Waals surface area (Å²) in [5, 5.41) is 6.85. The monoisotopic (exact) mass is 508 g/mol. The highest BCUT2D eigenvalue weighted by molar-refractivity contribution is 14.0. The Morgan fingerprint density at radius 3 is 2.75 bits per heavy atom. The number of unbranched alkanes of at least 4 members (excludes halogenated alkanes) is 1. The van der Waals surface area contributed by atoms with Crippen LogP contribution in [-0.2, 0) is 15.9 Å². The van der Waals surface area contributed by atoms with Crippen molar-refractivity contribution < 1.29 is 13.9 Å². The third-order valence-corrected chi connectivity index (χ3v) is 4.46. The van der Waals surface area contributed by atoms with E-state index in [1.54, 1.807) is 6.26 Å². The summed E-state index contributed by atoms with van der Waals surface area (Å²) in [6.45, 7) is 11.1. The van der Waals surface area contributed by atoms with Crippen LogP contribution < -0.4 is 10.6 Å². The van der Waals surface area contributed by atoms with Crippen molar-refractivity contribution in [3.63, 3.8) is 0 Å². The number of nitrogens with one attached hydrogen (secondary N) is 2. The van der Waals surface area contributed by atoms with Gasteiger partial charge in [-0.05, 0) is 38.3 Å². The van der Waals surface area contributed by atoms with Crippen molar-refractivity contribution in [3.05, 3.63) is 24.2 Å². The summed E-state index contributed by atoms with van der Waals surface area (Å²) >= 11 is 0. The van der Waals surface area contributed by atoms with Crippen LogP contribution in [0.5, 0.6) is 0 Å². The van der Waals surface area contributed by atoms with Gasteiger partial charge < -0.3 is 24.5 Å². The van der Waals surface area contributed by atoms with Crippen molar-refractivity contribution >= 4 is 29.9 Å². The first kappa shape index (κ1) is 25.2. The number of furan rings is 1. The molecule has 0 saturated carbocycles. The van der Waals surface area contributed by atoms with E-state index in [0.29, 0.717) is 0 Å². The van der Waals surface area contributed by atoms with Crippen molar-refractivity contribution in [2.24, 2.45) is 4.99 Å². The lowest BCUT2D eigenvalue weighted by Crippen LogP contribution is -2.39. The Balaban J connectivity index is 0.00000392. The average Bonchev–Trinajstić information content (AvgIpc) is 3.21. The molecule has 1 aliphatic heterocycles. The van der Waals surface area contributed by atoms with E-state index in [1.165, 1.54) is 0 Å². The molecule has 1 aromatic rings. The fraction of sp³-hybridized carbons (Fsp3) is 0.750. The Labute approximate surface area is 186 Å². The van der Waals surface area contributed by atoms with E-state index in [2.05, 4.69) is 15.5 Å². The van der Waals surface area contributed by atoms with Gasteiger partial charge in [0, 0.05) is 58.9 Å². The highest BCUT2D eigenvalue weighted by atomic mass is 127. The third kappa shape index (κ3) is 11.9. The first-order valence-corrected chi connectivity index (χ1v) is 10.3. The van der Waals surface area contributed by atoms with Gasteiger partial charge in [0.15, 0.2) is 5.96 Å². The summed E-state index contributed by atoms with van der Waals surface area (Å²) < 4.78 is 16.2. The molecule has 1 aromatic heterocycles. The van der Waals surface area contributed by atoms with Crippen LogP contribution >= 0.6 is 24.0 Å². The largest absolute Gasteiger partial charge is 0.469 e. The Kier molecular flexibility index (Phi) is 15.3. The second-order valence-electron chi connectivity index (χ2n) is 6.62. The van der Waals surface area contributed by atoms with Crippen LogP contribution in [0.4, 0.5) is 0 Å². The number of rotatable bonds is 13. The quantitative estimate of drug-likeness (QED) is 0.185. The summed E-state index contributed by atoms with van der Waals surface area (Å²) in [5.41, 5.74) is 0. The van der Waals surface area contributed by atoms with E-state index < -0.39 is 0 Å². The number of nitrogens with zero attached hydrogens (tertiary/aromatic N) is 2. The van der Waals surface area contributed by atoms with Gasteiger partial charge in [-0.25, -0.2) is 0 Å². The first-order chi connectivity index (χ1) is 13.4. The molecule has 0 bridgehead atoms. The summed E-state index contributed by atoms with van der Waals surface area (Å²) in [4.78, 5) is 7.18. The van der Waals surface area contributed by atoms with Crippen LogP contribution in [0, 0.1) is 0 Å². The number of hydrogen-bond donors (Lipinski definition) is 2. The van der Waals surface area contributed by atoms with Crippen molar-refractivity contribution in [1.29, 1.82) is 0 Å². The molecule has 1 fully saturated rings. The molecule has 0 aromatic carbocycles. The third-order valence-electron chi connectivity index (χ3n) is 4.46. The summed E-state index contributed by atoms with van der Waals surface area (Å²) in [6, 6.07) is 3.93. The highest BCUT2D eigenvalue weighted by Gasteiger charge is 2.09. The first-order valence-electron chi connectivity index (χ1n) is 10.3. The predicted molar refractivity (Wildman–Crippen MR) is 124 cm³/mol. The number of guanidine groups is 1. The Morgan fingerprint density at radius 1 is 1.18 bits per heavy atom. The predicted octanol–water partition coefficient (Wildman–Crippen LogP) is 2.51. The number of hydrogen-bond acceptors (Lipinski definition) is 5. The van der Waals surface area contributed by atoms with Gasteiger partial charge in [-0.1, -0.05) is 0 Å². The van der Waals surface area contributed by atoms with E-state index in [1.807, 2.05) is 19.1 Å². The minimum Gasteiger partial charge on any atom is -0.469 e. The lowest BCUT2D eigenvalue weighted by molar-refractivity contribution is 0.0377. The van der Waals surface area contributed by atoms with E-state index in [4.69, 9.17) is 18.9 Å². The molecule has 2 heterocycles. The zero-order valence-corrected chi connectivity index (χ0v) is 19.5. The fourth-order valence-electron chi connectivity index (χ4n) is 2.92. The van der Waals surface area contributed by atoms with Gasteiger partial charge in [0.25, 0.3) is 0 Å². The normalized spacial score (nSPS) is 15.2. The van der Waals surface area contributed by atoms with Crippen molar-refractivity contribution in [1.82, 2.24) is 15.5 Å². The smallest absolute Gasteiger partial charge is 0.191 e. The molecular weight excluding hydrogens is 471 g/mol. The Bertz CT molecular complexity index is 494. The zero-order valence-electron chi connectivity index (χ0n) is 17.2. The highest BCUT2D eigenvalue weighted by Crippen LogP contribution is 2.00. The van der Waals surface area contributed by atoms with Gasteiger partial charge in [-0.3, -0.25) is 9.89 Å². The molecule has 0 amide bonds. The van der Waals surface area contributed by atoms with Gasteiger partial charge in [0.2, 0.25) is 0 Å². The molecule has 28 heavy (non-hydrogen) atoms. The van der Waals surface area contributed by atoms with E-state index in [-0.39, 0.29) is 24.0 Å². The maximum absolute atomic E-state index is 5.39. The topological polar surface area (TPSA) is 71.3 Å².